The van der Waals surface area contributed by atoms with E-state index in [2.05, 4.69) is 18.0 Å². The third-order valence-corrected chi connectivity index (χ3v) is 3.81. The molecule has 0 fully saturated rings. The molecule has 0 aliphatic heterocycles. The van der Waals surface area contributed by atoms with Crippen LogP contribution in [0.4, 0.5) is 0 Å². The summed E-state index contributed by atoms with van der Waals surface area (Å²) in [7, 11) is 1.70. The van der Waals surface area contributed by atoms with Crippen LogP contribution in [0.2, 0.25) is 0 Å². The predicted octanol–water partition coefficient (Wildman–Crippen LogP) is 2.77. The zero-order valence-electron chi connectivity index (χ0n) is 8.99. The van der Waals surface area contributed by atoms with Gasteiger partial charge < -0.3 is 10.1 Å². The molecule has 0 aliphatic carbocycles. The first kappa shape index (κ1) is 12.6. The number of methoxy groups -OCH3 is 1. The van der Waals surface area contributed by atoms with Crippen molar-refractivity contribution in [2.45, 2.75) is 6.54 Å². The van der Waals surface area contributed by atoms with Crippen LogP contribution in [0.1, 0.15) is 4.88 Å². The van der Waals surface area contributed by atoms with E-state index in [0.29, 0.717) is 0 Å². The minimum absolute atomic E-state index is 0.933. The number of hydrogen-bond acceptors (Lipinski definition) is 4. The summed E-state index contributed by atoms with van der Waals surface area (Å²) in [6.07, 6.45) is 1.94. The van der Waals surface area contributed by atoms with E-state index >= 15 is 0 Å². The fraction of sp³-hybridized carbons (Fsp3) is 0.455. The SMILES string of the molecule is C=CCSCCNCc1ccc(OC)s1. The van der Waals surface area contributed by atoms with Crippen molar-refractivity contribution < 1.29 is 4.74 Å². The molecular weight excluding hydrogens is 226 g/mol. The van der Waals surface area contributed by atoms with E-state index in [9.17, 15) is 0 Å². The Morgan fingerprint density at radius 3 is 3.13 bits per heavy atom. The summed E-state index contributed by atoms with van der Waals surface area (Å²) < 4.78 is 5.13. The zero-order valence-corrected chi connectivity index (χ0v) is 10.6. The van der Waals surface area contributed by atoms with E-state index in [1.807, 2.05) is 23.9 Å². The average Bonchev–Trinajstić information content (AvgIpc) is 2.71. The molecule has 1 heterocycles. The van der Waals surface area contributed by atoms with Crippen LogP contribution in [-0.4, -0.2) is 25.2 Å². The lowest BCUT2D eigenvalue weighted by atomic mass is 10.4. The van der Waals surface area contributed by atoms with Gasteiger partial charge in [-0.25, -0.2) is 0 Å². The first-order valence-corrected chi connectivity index (χ1v) is 6.86. The maximum atomic E-state index is 5.13. The molecule has 0 atom stereocenters. The molecule has 1 aromatic rings. The van der Waals surface area contributed by atoms with Crippen molar-refractivity contribution in [2.75, 3.05) is 25.2 Å². The first-order valence-electron chi connectivity index (χ1n) is 4.89. The highest BCUT2D eigenvalue weighted by Gasteiger charge is 1.98. The Balaban J connectivity index is 2.06. The van der Waals surface area contributed by atoms with Gasteiger partial charge in [0, 0.05) is 29.5 Å². The molecule has 0 aromatic carbocycles. The second kappa shape index (κ2) is 7.79. The van der Waals surface area contributed by atoms with E-state index in [4.69, 9.17) is 4.74 Å². The highest BCUT2D eigenvalue weighted by Crippen LogP contribution is 2.23. The van der Waals surface area contributed by atoms with E-state index in [1.54, 1.807) is 18.4 Å². The topological polar surface area (TPSA) is 21.3 Å². The van der Waals surface area contributed by atoms with Crippen LogP contribution in [0.3, 0.4) is 0 Å². The third-order valence-electron chi connectivity index (χ3n) is 1.80. The zero-order chi connectivity index (χ0) is 10.9. The second-order valence-corrected chi connectivity index (χ2v) is 5.25. The molecular formula is C11H17NOS2. The van der Waals surface area contributed by atoms with Gasteiger partial charge in [-0.05, 0) is 12.1 Å². The summed E-state index contributed by atoms with van der Waals surface area (Å²) in [4.78, 5) is 1.32. The number of nitrogens with one attached hydrogen (secondary N) is 1. The molecule has 0 amide bonds. The molecule has 0 saturated heterocycles. The van der Waals surface area contributed by atoms with Crippen molar-refractivity contribution in [1.29, 1.82) is 0 Å². The van der Waals surface area contributed by atoms with Gasteiger partial charge in [-0.2, -0.15) is 11.8 Å². The van der Waals surface area contributed by atoms with Gasteiger partial charge in [0.25, 0.3) is 0 Å². The molecule has 0 unspecified atom stereocenters. The van der Waals surface area contributed by atoms with Crippen LogP contribution in [0.15, 0.2) is 24.8 Å². The molecule has 0 bridgehead atoms. The number of ether oxygens (including phenoxy) is 1. The Morgan fingerprint density at radius 2 is 2.47 bits per heavy atom. The quantitative estimate of drug-likeness (QED) is 0.560. The molecule has 1 N–H and O–H groups in total. The number of thioether (sulfide) groups is 1. The molecule has 0 saturated carbocycles. The molecule has 84 valence electrons. The average molecular weight is 243 g/mol. The van der Waals surface area contributed by atoms with Crippen LogP contribution in [-0.2, 0) is 6.54 Å². The summed E-state index contributed by atoms with van der Waals surface area (Å²) in [5, 5.41) is 4.38. The van der Waals surface area contributed by atoms with E-state index in [1.165, 1.54) is 4.88 Å². The molecule has 4 heteroatoms. The minimum atomic E-state index is 0.933. The lowest BCUT2D eigenvalue weighted by Crippen LogP contribution is -2.15. The lowest BCUT2D eigenvalue weighted by Gasteiger charge is -2.01. The van der Waals surface area contributed by atoms with E-state index in [0.717, 1.165) is 29.7 Å². The third kappa shape index (κ3) is 5.25. The Hall–Kier alpha value is -0.450. The number of hydrogen-bond donors (Lipinski definition) is 1. The lowest BCUT2D eigenvalue weighted by molar-refractivity contribution is 0.427. The summed E-state index contributed by atoms with van der Waals surface area (Å²) in [5.74, 6) is 2.17. The normalized spacial score (nSPS) is 10.2. The molecule has 0 spiro atoms. The monoisotopic (exact) mass is 243 g/mol. The fourth-order valence-electron chi connectivity index (χ4n) is 1.09. The summed E-state index contributed by atoms with van der Waals surface area (Å²) in [6, 6.07) is 4.11. The van der Waals surface area contributed by atoms with Gasteiger partial charge in [0.1, 0.15) is 0 Å². The smallest absolute Gasteiger partial charge is 0.173 e. The number of rotatable bonds is 8. The molecule has 1 aromatic heterocycles. The van der Waals surface area contributed by atoms with Crippen LogP contribution < -0.4 is 10.1 Å². The van der Waals surface area contributed by atoms with E-state index in [-0.39, 0.29) is 0 Å². The highest BCUT2D eigenvalue weighted by atomic mass is 32.2. The Morgan fingerprint density at radius 1 is 1.60 bits per heavy atom. The second-order valence-electron chi connectivity index (χ2n) is 2.97. The van der Waals surface area contributed by atoms with Gasteiger partial charge in [0.15, 0.2) is 5.06 Å². The van der Waals surface area contributed by atoms with Crippen molar-refractivity contribution in [3.05, 3.63) is 29.7 Å². The molecule has 1 rings (SSSR count). The largest absolute Gasteiger partial charge is 0.487 e. The van der Waals surface area contributed by atoms with Gasteiger partial charge >= 0.3 is 0 Å². The Labute approximate surface area is 99.7 Å². The first-order chi connectivity index (χ1) is 7.36. The van der Waals surface area contributed by atoms with Gasteiger partial charge in [0.2, 0.25) is 0 Å². The molecule has 0 radical (unpaired) electrons. The highest BCUT2D eigenvalue weighted by molar-refractivity contribution is 7.99. The summed E-state index contributed by atoms with van der Waals surface area (Å²) >= 11 is 3.59. The van der Waals surface area contributed by atoms with Gasteiger partial charge in [-0.1, -0.05) is 6.08 Å². The molecule has 15 heavy (non-hydrogen) atoms. The molecule has 2 nitrogen and oxygen atoms in total. The van der Waals surface area contributed by atoms with Crippen LogP contribution in [0.5, 0.6) is 5.06 Å². The summed E-state index contributed by atoms with van der Waals surface area (Å²) in [5.41, 5.74) is 0. The van der Waals surface area contributed by atoms with E-state index < -0.39 is 0 Å². The van der Waals surface area contributed by atoms with Crippen LogP contribution in [0, 0.1) is 0 Å². The van der Waals surface area contributed by atoms with Gasteiger partial charge in [-0.3, -0.25) is 0 Å². The van der Waals surface area contributed by atoms with Crippen LogP contribution >= 0.6 is 23.1 Å². The van der Waals surface area contributed by atoms with Gasteiger partial charge in [-0.15, -0.1) is 17.9 Å². The minimum Gasteiger partial charge on any atom is -0.487 e. The fourth-order valence-corrected chi connectivity index (χ4v) is 2.50. The Bertz CT molecular complexity index is 286. The maximum Gasteiger partial charge on any atom is 0.173 e. The maximum absolute atomic E-state index is 5.13. The van der Waals surface area contributed by atoms with Crippen molar-refractivity contribution >= 4 is 23.1 Å². The summed E-state index contributed by atoms with van der Waals surface area (Å²) in [6.45, 7) is 5.66. The predicted molar refractivity (Wildman–Crippen MR) is 70.1 cm³/mol. The standard InChI is InChI=1S/C11H17NOS2/c1-3-7-14-8-6-12-9-10-4-5-11(13-2)15-10/h3-5,12H,1,6-9H2,2H3. The van der Waals surface area contributed by atoms with Gasteiger partial charge in [0.05, 0.1) is 7.11 Å². The Kier molecular flexibility index (Phi) is 6.55. The van der Waals surface area contributed by atoms with Crippen molar-refractivity contribution in [3.8, 4) is 5.06 Å². The van der Waals surface area contributed by atoms with Crippen molar-refractivity contribution in [3.63, 3.8) is 0 Å². The van der Waals surface area contributed by atoms with Crippen molar-refractivity contribution in [1.82, 2.24) is 5.32 Å². The molecule has 0 aliphatic rings. The van der Waals surface area contributed by atoms with Crippen LogP contribution in [0.25, 0.3) is 0 Å². The van der Waals surface area contributed by atoms with Crippen molar-refractivity contribution in [2.24, 2.45) is 0 Å². The number of thiophene rings is 1.